The lowest BCUT2D eigenvalue weighted by Gasteiger charge is -2.38. The molecule has 0 saturated carbocycles. The molecule has 4 nitrogen and oxygen atoms in total. The summed E-state index contributed by atoms with van der Waals surface area (Å²) < 4.78 is 32.4. The van der Waals surface area contributed by atoms with Crippen molar-refractivity contribution in [3.05, 3.63) is 0 Å². The number of hydrogen-bond donors (Lipinski definition) is 2. The first-order chi connectivity index (χ1) is 7.91. The fourth-order valence-corrected chi connectivity index (χ4v) is 1.59. The van der Waals surface area contributed by atoms with Gasteiger partial charge in [0, 0.05) is 26.1 Å². The molecule has 1 rings (SSSR count). The monoisotopic (exact) mass is 247 g/mol. The summed E-state index contributed by atoms with van der Waals surface area (Å²) in [5.74, 6) is 0.235. The van der Waals surface area contributed by atoms with Crippen molar-refractivity contribution in [2.75, 3.05) is 19.8 Å². The van der Waals surface area contributed by atoms with Crippen LogP contribution in [0.1, 0.15) is 19.8 Å². The van der Waals surface area contributed by atoms with Gasteiger partial charge in [0.1, 0.15) is 5.60 Å². The van der Waals surface area contributed by atoms with Gasteiger partial charge in [-0.3, -0.25) is 4.79 Å². The van der Waals surface area contributed by atoms with Crippen LogP contribution in [0.25, 0.3) is 0 Å². The van der Waals surface area contributed by atoms with Gasteiger partial charge in [-0.25, -0.2) is 8.78 Å². The second kappa shape index (κ2) is 5.43. The van der Waals surface area contributed by atoms with E-state index in [1.54, 1.807) is 0 Å². The molecule has 2 N–H and O–H groups in total. The van der Waals surface area contributed by atoms with Crippen LogP contribution in [0.15, 0.2) is 0 Å². The third-order valence-electron chi connectivity index (χ3n) is 2.71. The van der Waals surface area contributed by atoms with E-state index < -0.39 is 24.0 Å². The Morgan fingerprint density at radius 3 is 2.65 bits per heavy atom. The first-order valence-electron chi connectivity index (χ1n) is 5.30. The normalized spacial score (nSPS) is 19.1. The van der Waals surface area contributed by atoms with Gasteiger partial charge in [-0.15, -0.1) is 0 Å². The molecule has 0 aromatic heterocycles. The van der Waals surface area contributed by atoms with Crippen LogP contribution in [0.2, 0.25) is 0 Å². The van der Waals surface area contributed by atoms with Gasteiger partial charge in [0.25, 0.3) is 11.8 Å². The van der Waals surface area contributed by atoms with Gasteiger partial charge in [-0.05, 0) is 12.8 Å². The molecule has 1 fully saturated rings. The Morgan fingerprint density at radius 2 is 2.12 bits per heavy atom. The van der Waals surface area contributed by atoms with Crippen molar-refractivity contribution < 1.29 is 23.4 Å². The molecule has 1 amide bonds. The highest BCUT2D eigenvalue weighted by Crippen LogP contribution is 2.36. The minimum Gasteiger partial charge on any atom is -0.383 e. The fourth-order valence-electron chi connectivity index (χ4n) is 1.59. The molecular formula is C11H15F2NO3. The number of carbonyl (C=O) groups is 1. The molecule has 96 valence electrons. The summed E-state index contributed by atoms with van der Waals surface area (Å²) in [5.41, 5.74) is -2.11. The van der Waals surface area contributed by atoms with Gasteiger partial charge in [0.05, 0.1) is 6.54 Å². The molecular weight excluding hydrogens is 232 g/mol. The van der Waals surface area contributed by atoms with Crippen molar-refractivity contribution in [3.63, 3.8) is 0 Å². The van der Waals surface area contributed by atoms with Crippen molar-refractivity contribution in [2.45, 2.75) is 31.3 Å². The van der Waals surface area contributed by atoms with E-state index in [-0.39, 0.29) is 26.1 Å². The smallest absolute Gasteiger partial charge is 0.296 e. The van der Waals surface area contributed by atoms with E-state index in [1.165, 1.54) is 6.92 Å². The van der Waals surface area contributed by atoms with Crippen molar-refractivity contribution in [1.29, 1.82) is 0 Å². The van der Waals surface area contributed by atoms with Crippen molar-refractivity contribution >= 4 is 5.91 Å². The van der Waals surface area contributed by atoms with Crippen LogP contribution >= 0.6 is 0 Å². The molecule has 1 aliphatic rings. The van der Waals surface area contributed by atoms with Crippen LogP contribution in [0.4, 0.5) is 8.78 Å². The lowest BCUT2D eigenvalue weighted by molar-refractivity contribution is -0.210. The molecule has 0 aliphatic carbocycles. The van der Waals surface area contributed by atoms with Crippen LogP contribution in [0.5, 0.6) is 0 Å². The number of ether oxygens (including phenoxy) is 1. The Labute approximate surface area is 98.3 Å². The van der Waals surface area contributed by atoms with E-state index in [2.05, 4.69) is 11.8 Å². The largest absolute Gasteiger partial charge is 0.383 e. The first kappa shape index (κ1) is 13.9. The van der Waals surface area contributed by atoms with Crippen molar-refractivity contribution in [1.82, 2.24) is 5.32 Å². The second-order valence-electron chi connectivity index (χ2n) is 3.91. The number of amides is 1. The number of rotatable bonds is 3. The summed E-state index contributed by atoms with van der Waals surface area (Å²) in [5, 5.41) is 11.8. The Hall–Kier alpha value is -1.19. The molecule has 0 aromatic rings. The molecule has 0 bridgehead atoms. The molecule has 1 aliphatic heterocycles. The molecule has 0 radical (unpaired) electrons. The fraction of sp³-hybridized carbons (Fsp3) is 0.727. The second-order valence-corrected chi connectivity index (χ2v) is 3.91. The zero-order valence-corrected chi connectivity index (χ0v) is 9.56. The predicted octanol–water partition coefficient (Wildman–Crippen LogP) is 0.303. The lowest BCUT2D eigenvalue weighted by atomic mass is 9.87. The van der Waals surface area contributed by atoms with E-state index in [4.69, 9.17) is 4.74 Å². The number of alkyl halides is 2. The number of halogens is 2. The van der Waals surface area contributed by atoms with E-state index in [1.807, 2.05) is 5.32 Å². The van der Waals surface area contributed by atoms with E-state index >= 15 is 0 Å². The third kappa shape index (κ3) is 3.38. The Kier molecular flexibility index (Phi) is 4.43. The van der Waals surface area contributed by atoms with Gasteiger partial charge in [0.2, 0.25) is 0 Å². The van der Waals surface area contributed by atoms with Crippen LogP contribution in [-0.4, -0.2) is 42.3 Å². The zero-order chi connectivity index (χ0) is 12.9. The maximum Gasteiger partial charge on any atom is 0.296 e. The average Bonchev–Trinajstić information content (AvgIpc) is 2.28. The zero-order valence-electron chi connectivity index (χ0n) is 9.56. The number of carbonyl (C=O) groups excluding carboxylic acids is 1. The van der Waals surface area contributed by atoms with Gasteiger partial charge in [-0.2, -0.15) is 0 Å². The molecule has 1 heterocycles. The highest BCUT2D eigenvalue weighted by atomic mass is 19.3. The van der Waals surface area contributed by atoms with E-state index in [0.717, 1.165) is 0 Å². The number of aliphatic hydroxyl groups is 1. The summed E-state index contributed by atoms with van der Waals surface area (Å²) >= 11 is 0. The molecule has 6 heteroatoms. The van der Waals surface area contributed by atoms with Crippen molar-refractivity contribution in [3.8, 4) is 11.8 Å². The van der Waals surface area contributed by atoms with Crippen LogP contribution in [0, 0.1) is 11.8 Å². The number of hydrogen-bond acceptors (Lipinski definition) is 3. The van der Waals surface area contributed by atoms with Crippen molar-refractivity contribution in [2.24, 2.45) is 0 Å². The molecule has 0 spiro atoms. The Bertz CT molecular complexity index is 340. The average molecular weight is 247 g/mol. The van der Waals surface area contributed by atoms with E-state index in [9.17, 15) is 18.7 Å². The SMILES string of the molecule is CC#CC(=O)NCC(F)(F)C1(O)CCOCC1. The number of nitrogens with one attached hydrogen (secondary N) is 1. The first-order valence-corrected chi connectivity index (χ1v) is 5.30. The van der Waals surface area contributed by atoms with Gasteiger partial charge in [0.15, 0.2) is 0 Å². The van der Waals surface area contributed by atoms with Crippen LogP contribution in [-0.2, 0) is 9.53 Å². The van der Waals surface area contributed by atoms with Gasteiger partial charge < -0.3 is 15.2 Å². The quantitative estimate of drug-likeness (QED) is 0.705. The maximum absolute atomic E-state index is 13.7. The van der Waals surface area contributed by atoms with Gasteiger partial charge >= 0.3 is 0 Å². The minimum atomic E-state index is -3.39. The van der Waals surface area contributed by atoms with E-state index in [0.29, 0.717) is 0 Å². The molecule has 0 aromatic carbocycles. The topological polar surface area (TPSA) is 58.6 Å². The summed E-state index contributed by atoms with van der Waals surface area (Å²) in [6, 6.07) is 0. The van der Waals surface area contributed by atoms with Gasteiger partial charge in [-0.1, -0.05) is 5.92 Å². The minimum absolute atomic E-state index is 0.0921. The highest BCUT2D eigenvalue weighted by molar-refractivity contribution is 5.93. The van der Waals surface area contributed by atoms with Crippen LogP contribution < -0.4 is 5.32 Å². The molecule has 0 atom stereocenters. The summed E-state index contributed by atoms with van der Waals surface area (Å²) in [6.45, 7) is 0.699. The van der Waals surface area contributed by atoms with Crippen LogP contribution in [0.3, 0.4) is 0 Å². The summed E-state index contributed by atoms with van der Waals surface area (Å²) in [7, 11) is 0. The highest BCUT2D eigenvalue weighted by Gasteiger charge is 2.52. The summed E-state index contributed by atoms with van der Waals surface area (Å²) in [4.78, 5) is 11.0. The molecule has 1 saturated heterocycles. The molecule has 17 heavy (non-hydrogen) atoms. The predicted molar refractivity (Wildman–Crippen MR) is 56.4 cm³/mol. The third-order valence-corrected chi connectivity index (χ3v) is 2.71. The summed E-state index contributed by atoms with van der Waals surface area (Å²) in [6.07, 6.45) is -0.287. The molecule has 0 unspecified atom stereocenters. The Balaban J connectivity index is 2.59. The maximum atomic E-state index is 13.7. The standard InChI is InChI=1S/C11H15F2NO3/c1-2-3-9(15)14-8-11(12,13)10(16)4-6-17-7-5-10/h16H,4-8H2,1H3,(H,14,15). The Morgan fingerprint density at radius 1 is 1.53 bits per heavy atom. The lowest BCUT2D eigenvalue weighted by Crippen LogP contribution is -2.56.